The van der Waals surface area contributed by atoms with E-state index < -0.39 is 17.1 Å². The number of likely N-dealkylation sites (tertiary alicyclic amines) is 1. The smallest absolute Gasteiger partial charge is 0.407 e. The molecular formula is C28H34N2O5. The molecule has 2 N–H and O–H groups in total. The number of nitrogens with zero attached hydrogens (tertiary/aromatic N) is 1. The van der Waals surface area contributed by atoms with Crippen LogP contribution in [0.4, 0.5) is 4.79 Å². The summed E-state index contributed by atoms with van der Waals surface area (Å²) in [5.74, 6) is -0.164. The minimum Gasteiger partial charge on any atom is -0.508 e. The van der Waals surface area contributed by atoms with Crippen LogP contribution in [0.15, 0.2) is 67.3 Å². The van der Waals surface area contributed by atoms with Crippen molar-refractivity contribution in [2.75, 3.05) is 19.6 Å². The van der Waals surface area contributed by atoms with Crippen molar-refractivity contribution in [1.29, 1.82) is 0 Å². The maximum Gasteiger partial charge on any atom is 0.407 e. The second-order valence-electron chi connectivity index (χ2n) is 9.64. The number of fused-ring (bicyclic) bond motifs is 1. The first-order chi connectivity index (χ1) is 16.9. The summed E-state index contributed by atoms with van der Waals surface area (Å²) in [5.41, 5.74) is 0.497. The number of amides is 1. The van der Waals surface area contributed by atoms with E-state index in [0.717, 1.165) is 24.1 Å². The van der Waals surface area contributed by atoms with Crippen molar-refractivity contribution in [2.45, 2.75) is 56.3 Å². The van der Waals surface area contributed by atoms with Gasteiger partial charge < -0.3 is 19.9 Å². The van der Waals surface area contributed by atoms with E-state index in [1.54, 1.807) is 12.1 Å². The number of phenols is 1. The molecule has 7 heteroatoms. The molecule has 2 aliphatic rings. The van der Waals surface area contributed by atoms with E-state index in [9.17, 15) is 14.7 Å². The lowest BCUT2D eigenvalue weighted by atomic mass is 9.55. The van der Waals surface area contributed by atoms with Crippen LogP contribution < -0.4 is 5.32 Å². The molecular weight excluding hydrogens is 444 g/mol. The molecule has 0 spiro atoms. The predicted molar refractivity (Wildman–Crippen MR) is 133 cm³/mol. The molecule has 1 saturated heterocycles. The number of hydrogen-bond donors (Lipinski definition) is 2. The highest BCUT2D eigenvalue weighted by molar-refractivity contribution is 5.68. The summed E-state index contributed by atoms with van der Waals surface area (Å²) in [6.45, 7) is 7.57. The molecule has 0 unspecified atom stereocenters. The van der Waals surface area contributed by atoms with E-state index in [-0.39, 0.29) is 24.4 Å². The van der Waals surface area contributed by atoms with Crippen LogP contribution in [-0.4, -0.2) is 53.3 Å². The van der Waals surface area contributed by atoms with Gasteiger partial charge >= 0.3 is 12.1 Å². The minimum absolute atomic E-state index is 0.157. The number of esters is 1. The van der Waals surface area contributed by atoms with Crippen LogP contribution >= 0.6 is 0 Å². The van der Waals surface area contributed by atoms with Gasteiger partial charge in [-0.2, -0.15) is 0 Å². The Labute approximate surface area is 206 Å². The number of piperidine rings is 1. The molecule has 35 heavy (non-hydrogen) atoms. The third-order valence-corrected chi connectivity index (χ3v) is 7.36. The van der Waals surface area contributed by atoms with Gasteiger partial charge in [-0.1, -0.05) is 48.5 Å². The van der Waals surface area contributed by atoms with E-state index >= 15 is 0 Å². The van der Waals surface area contributed by atoms with Gasteiger partial charge in [0.15, 0.2) is 0 Å². The molecule has 1 amide bonds. The molecule has 2 aromatic rings. The summed E-state index contributed by atoms with van der Waals surface area (Å²) >= 11 is 0. The van der Waals surface area contributed by atoms with Gasteiger partial charge in [-0.15, -0.1) is 6.58 Å². The Bertz CT molecular complexity index is 1060. The highest BCUT2D eigenvalue weighted by Gasteiger charge is 2.60. The lowest BCUT2D eigenvalue weighted by Gasteiger charge is -2.59. The first-order valence-electron chi connectivity index (χ1n) is 12.2. The number of hydrogen-bond acceptors (Lipinski definition) is 6. The number of ether oxygens (including phenoxy) is 2. The Morgan fingerprint density at radius 1 is 1.20 bits per heavy atom. The summed E-state index contributed by atoms with van der Waals surface area (Å²) in [6.07, 6.45) is 3.92. The van der Waals surface area contributed by atoms with Crippen molar-refractivity contribution >= 4 is 12.1 Å². The Balaban J connectivity index is 1.60. The van der Waals surface area contributed by atoms with Crippen molar-refractivity contribution in [3.05, 3.63) is 78.4 Å². The first-order valence-corrected chi connectivity index (χ1v) is 12.2. The van der Waals surface area contributed by atoms with Crippen LogP contribution in [0.5, 0.6) is 5.75 Å². The van der Waals surface area contributed by atoms with Crippen molar-refractivity contribution in [3.63, 3.8) is 0 Å². The van der Waals surface area contributed by atoms with Crippen LogP contribution in [0.1, 0.15) is 43.7 Å². The number of aromatic hydroxyl groups is 1. The van der Waals surface area contributed by atoms with Crippen molar-refractivity contribution in [2.24, 2.45) is 0 Å². The molecule has 1 aliphatic heterocycles. The van der Waals surface area contributed by atoms with Crippen LogP contribution in [-0.2, 0) is 26.3 Å². The molecule has 0 aromatic heterocycles. The standard InChI is InChI=1S/C28H34N2O5/c1-3-15-30-16-14-27(23-10-7-11-25(32)17-23)18-24(12-13-28(27,20-30)35-21(2)31)29-26(33)34-19-22-8-5-4-6-9-22/h3-11,17,24,32H,1,12-16,18-20H2,2H3,(H,29,33)/t24-,27+,28+/m1/s1. The molecule has 1 aliphatic carbocycles. The number of carbonyl (C=O) groups is 2. The molecule has 2 aromatic carbocycles. The van der Waals surface area contributed by atoms with Crippen molar-refractivity contribution in [1.82, 2.24) is 10.2 Å². The van der Waals surface area contributed by atoms with E-state index in [1.807, 2.05) is 48.5 Å². The average Bonchev–Trinajstić information content (AvgIpc) is 2.83. The molecule has 3 atom stereocenters. The summed E-state index contributed by atoms with van der Waals surface area (Å²) in [4.78, 5) is 27.3. The third kappa shape index (κ3) is 5.35. The number of carbonyl (C=O) groups excluding carboxylic acids is 2. The second kappa shape index (κ2) is 10.5. The Morgan fingerprint density at radius 2 is 2.00 bits per heavy atom. The Kier molecular flexibility index (Phi) is 7.45. The first kappa shape index (κ1) is 24.8. The van der Waals surface area contributed by atoms with Gasteiger partial charge in [0.2, 0.25) is 0 Å². The fourth-order valence-corrected chi connectivity index (χ4v) is 5.88. The SMILES string of the molecule is C=CCN1CC[C@@]2(c3cccc(O)c3)C[C@H](NC(=O)OCc3ccccc3)CC[C@]2(OC(C)=O)C1. The van der Waals surface area contributed by atoms with Gasteiger partial charge in [-0.3, -0.25) is 9.69 Å². The Morgan fingerprint density at radius 3 is 2.71 bits per heavy atom. The molecule has 1 saturated carbocycles. The van der Waals surface area contributed by atoms with Crippen LogP contribution in [0, 0.1) is 0 Å². The van der Waals surface area contributed by atoms with E-state index in [2.05, 4.69) is 16.8 Å². The van der Waals surface area contributed by atoms with Crippen LogP contribution in [0.2, 0.25) is 0 Å². The van der Waals surface area contributed by atoms with E-state index in [0.29, 0.717) is 32.4 Å². The largest absolute Gasteiger partial charge is 0.508 e. The van der Waals surface area contributed by atoms with Gasteiger partial charge in [0.05, 0.1) is 0 Å². The molecule has 4 rings (SSSR count). The minimum atomic E-state index is -0.778. The maximum atomic E-state index is 12.7. The molecule has 2 fully saturated rings. The number of benzene rings is 2. The molecule has 1 heterocycles. The van der Waals surface area contributed by atoms with E-state index in [4.69, 9.17) is 9.47 Å². The average molecular weight is 479 g/mol. The number of phenolic OH excluding ortho intramolecular Hbond substituents is 1. The normalized spacial score (nSPS) is 26.3. The summed E-state index contributed by atoms with van der Waals surface area (Å²) in [7, 11) is 0. The number of alkyl carbamates (subject to hydrolysis) is 1. The van der Waals surface area contributed by atoms with Gasteiger partial charge in [-0.05, 0) is 55.5 Å². The monoisotopic (exact) mass is 478 g/mol. The topological polar surface area (TPSA) is 88.1 Å². The van der Waals surface area contributed by atoms with Crippen LogP contribution in [0.25, 0.3) is 0 Å². The van der Waals surface area contributed by atoms with Gasteiger partial charge in [-0.25, -0.2) is 4.79 Å². The Hall–Kier alpha value is -3.32. The summed E-state index contributed by atoms with van der Waals surface area (Å²) in [6, 6.07) is 16.6. The highest BCUT2D eigenvalue weighted by atomic mass is 16.6. The fraction of sp³-hybridized carbons (Fsp3) is 0.429. The van der Waals surface area contributed by atoms with Crippen molar-refractivity contribution < 1.29 is 24.2 Å². The molecule has 0 bridgehead atoms. The quantitative estimate of drug-likeness (QED) is 0.456. The zero-order valence-electron chi connectivity index (χ0n) is 20.2. The van der Waals surface area contributed by atoms with Gasteiger partial charge in [0.25, 0.3) is 0 Å². The fourth-order valence-electron chi connectivity index (χ4n) is 5.88. The zero-order valence-corrected chi connectivity index (χ0v) is 20.2. The maximum absolute atomic E-state index is 12.7. The zero-order chi connectivity index (χ0) is 24.9. The number of nitrogens with one attached hydrogen (secondary N) is 1. The van der Waals surface area contributed by atoms with Gasteiger partial charge in [0.1, 0.15) is 18.0 Å². The second-order valence-corrected chi connectivity index (χ2v) is 9.64. The summed E-state index contributed by atoms with van der Waals surface area (Å²) in [5, 5.41) is 13.3. The van der Waals surface area contributed by atoms with Crippen molar-refractivity contribution in [3.8, 4) is 5.75 Å². The lowest BCUT2D eigenvalue weighted by Crippen LogP contribution is -2.68. The van der Waals surface area contributed by atoms with Gasteiger partial charge in [0, 0.05) is 31.5 Å². The lowest BCUT2D eigenvalue weighted by molar-refractivity contribution is -0.186. The third-order valence-electron chi connectivity index (χ3n) is 7.36. The predicted octanol–water partition coefficient (Wildman–Crippen LogP) is 4.30. The highest BCUT2D eigenvalue weighted by Crippen LogP contribution is 2.54. The molecule has 186 valence electrons. The van der Waals surface area contributed by atoms with Crippen LogP contribution in [0.3, 0.4) is 0 Å². The molecule has 0 radical (unpaired) electrons. The number of rotatable bonds is 7. The molecule has 7 nitrogen and oxygen atoms in total. The van der Waals surface area contributed by atoms with E-state index in [1.165, 1.54) is 6.92 Å². The summed E-state index contributed by atoms with van der Waals surface area (Å²) < 4.78 is 11.6.